The number of allylic oxidation sites excluding steroid dienone is 1. The lowest BCUT2D eigenvalue weighted by Gasteiger charge is -2.31. The topological polar surface area (TPSA) is 115 Å². The van der Waals surface area contributed by atoms with Crippen LogP contribution < -0.4 is 10.1 Å². The highest BCUT2D eigenvalue weighted by molar-refractivity contribution is 8.03. The first kappa shape index (κ1) is 23.9. The zero-order valence-electron chi connectivity index (χ0n) is 16.3. The fraction of sp³-hybridized carbons (Fsp3) is 0.368. The third kappa shape index (κ3) is 5.01. The van der Waals surface area contributed by atoms with Crippen molar-refractivity contribution in [3.63, 3.8) is 0 Å². The van der Waals surface area contributed by atoms with Gasteiger partial charge in [-0.3, -0.25) is 14.4 Å². The molecule has 1 aliphatic heterocycles. The summed E-state index contributed by atoms with van der Waals surface area (Å²) < 4.78 is 14.8. The van der Waals surface area contributed by atoms with Crippen molar-refractivity contribution in [2.75, 3.05) is 26.6 Å². The van der Waals surface area contributed by atoms with Crippen molar-refractivity contribution >= 4 is 52.8 Å². The second-order valence-corrected chi connectivity index (χ2v) is 7.73. The Morgan fingerprint density at radius 1 is 1.23 bits per heavy atom. The van der Waals surface area contributed by atoms with E-state index >= 15 is 0 Å². The maximum absolute atomic E-state index is 12.7. The van der Waals surface area contributed by atoms with E-state index in [1.54, 1.807) is 6.92 Å². The fourth-order valence-corrected chi connectivity index (χ4v) is 4.40. The summed E-state index contributed by atoms with van der Waals surface area (Å²) in [7, 11) is 2.37. The molecule has 0 bridgehead atoms. The first-order chi connectivity index (χ1) is 14.3. The van der Waals surface area contributed by atoms with Crippen molar-refractivity contribution < 1.29 is 28.6 Å². The number of carbonyl (C=O) groups is 3. The molecule has 160 valence electrons. The van der Waals surface area contributed by atoms with Crippen LogP contribution in [0.4, 0.5) is 0 Å². The van der Waals surface area contributed by atoms with Gasteiger partial charge in [0.05, 0.1) is 53.3 Å². The number of nitriles is 1. The molecule has 2 rings (SSSR count). The summed E-state index contributed by atoms with van der Waals surface area (Å²) in [6.45, 7) is 2.09. The molecule has 2 atom stereocenters. The van der Waals surface area contributed by atoms with E-state index in [9.17, 15) is 19.6 Å². The summed E-state index contributed by atoms with van der Waals surface area (Å²) in [5.41, 5.74) is 0.418. The van der Waals surface area contributed by atoms with E-state index in [0.29, 0.717) is 12.2 Å². The monoisotopic (exact) mass is 472 g/mol. The molecule has 0 aromatic heterocycles. The van der Waals surface area contributed by atoms with Gasteiger partial charge in [0.1, 0.15) is 5.92 Å². The molecule has 11 heteroatoms. The van der Waals surface area contributed by atoms with Crippen LogP contribution in [0.5, 0.6) is 5.75 Å². The zero-order valence-corrected chi connectivity index (χ0v) is 18.6. The van der Waals surface area contributed by atoms with Gasteiger partial charge in [0, 0.05) is 5.92 Å². The summed E-state index contributed by atoms with van der Waals surface area (Å²) in [6, 6.07) is 4.99. The average molecular weight is 473 g/mol. The first-order valence-corrected chi connectivity index (χ1v) is 10.4. The van der Waals surface area contributed by atoms with Crippen LogP contribution in [0.25, 0.3) is 0 Å². The molecular formula is C19H18Cl2N2O6S. The summed E-state index contributed by atoms with van der Waals surface area (Å²) in [4.78, 5) is 36.6. The Morgan fingerprint density at radius 2 is 1.87 bits per heavy atom. The number of thioether (sulfide) groups is 1. The van der Waals surface area contributed by atoms with Crippen molar-refractivity contribution in [3.05, 3.63) is 38.3 Å². The second-order valence-electron chi connectivity index (χ2n) is 5.93. The van der Waals surface area contributed by atoms with E-state index in [0.717, 1.165) is 18.9 Å². The van der Waals surface area contributed by atoms with Gasteiger partial charge in [-0.15, -0.1) is 0 Å². The Labute approximate surface area is 187 Å². The Morgan fingerprint density at radius 3 is 2.37 bits per heavy atom. The van der Waals surface area contributed by atoms with Gasteiger partial charge in [0.2, 0.25) is 5.91 Å². The molecule has 0 saturated carbocycles. The minimum Gasteiger partial charge on any atom is -0.491 e. The highest BCUT2D eigenvalue weighted by atomic mass is 35.5. The number of benzene rings is 1. The highest BCUT2D eigenvalue weighted by Crippen LogP contribution is 2.44. The number of amides is 1. The van der Waals surface area contributed by atoms with Crippen molar-refractivity contribution in [2.24, 2.45) is 5.92 Å². The third-order valence-corrected chi connectivity index (χ3v) is 5.77. The smallest absolute Gasteiger partial charge is 0.319 e. The number of esters is 2. The van der Waals surface area contributed by atoms with E-state index in [4.69, 9.17) is 32.7 Å². The van der Waals surface area contributed by atoms with Gasteiger partial charge in [-0.05, 0) is 24.6 Å². The number of rotatable bonds is 7. The van der Waals surface area contributed by atoms with Gasteiger partial charge >= 0.3 is 11.9 Å². The van der Waals surface area contributed by atoms with Crippen molar-refractivity contribution in [2.45, 2.75) is 12.8 Å². The van der Waals surface area contributed by atoms with E-state index in [2.05, 4.69) is 10.1 Å². The molecule has 0 aliphatic carbocycles. The Bertz CT molecular complexity index is 920. The highest BCUT2D eigenvalue weighted by Gasteiger charge is 2.44. The number of hydrogen-bond donors (Lipinski definition) is 1. The minimum atomic E-state index is -1.35. The predicted molar refractivity (Wildman–Crippen MR) is 111 cm³/mol. The molecule has 1 aromatic rings. The largest absolute Gasteiger partial charge is 0.491 e. The maximum Gasteiger partial charge on any atom is 0.319 e. The minimum absolute atomic E-state index is 0.0650. The molecule has 1 aromatic carbocycles. The second kappa shape index (κ2) is 10.6. The number of carbonyl (C=O) groups excluding carboxylic acids is 3. The van der Waals surface area contributed by atoms with Gasteiger partial charge in [-0.2, -0.15) is 5.26 Å². The van der Waals surface area contributed by atoms with Crippen LogP contribution in [0.2, 0.25) is 10.0 Å². The number of halogens is 2. The van der Waals surface area contributed by atoms with Gasteiger partial charge in [-0.25, -0.2) is 0 Å². The van der Waals surface area contributed by atoms with Crippen LogP contribution in [0.1, 0.15) is 18.4 Å². The molecule has 8 nitrogen and oxygen atoms in total. The molecule has 30 heavy (non-hydrogen) atoms. The fourth-order valence-electron chi connectivity index (χ4n) is 2.91. The molecule has 0 unspecified atom stereocenters. The normalized spacial score (nSPS) is 18.3. The van der Waals surface area contributed by atoms with E-state index in [1.165, 1.54) is 19.2 Å². The average Bonchev–Trinajstić information content (AvgIpc) is 2.73. The van der Waals surface area contributed by atoms with Crippen LogP contribution in [-0.4, -0.2) is 44.4 Å². The van der Waals surface area contributed by atoms with Crippen LogP contribution in [0.3, 0.4) is 0 Å². The summed E-state index contributed by atoms with van der Waals surface area (Å²) in [6.07, 6.45) is 0. The Hall–Kier alpha value is -2.41. The molecule has 1 aliphatic rings. The van der Waals surface area contributed by atoms with Gasteiger partial charge in [0.25, 0.3) is 0 Å². The zero-order chi connectivity index (χ0) is 22.4. The lowest BCUT2D eigenvalue weighted by molar-refractivity contribution is -0.150. The maximum atomic E-state index is 12.7. The predicted octanol–water partition coefficient (Wildman–Crippen LogP) is 3.04. The lowest BCUT2D eigenvalue weighted by atomic mass is 9.78. The van der Waals surface area contributed by atoms with Crippen molar-refractivity contribution in [1.82, 2.24) is 5.32 Å². The molecule has 0 spiro atoms. The number of hydrogen-bond acceptors (Lipinski definition) is 8. The number of nitrogens with one attached hydrogen (secondary N) is 1. The quantitative estimate of drug-likeness (QED) is 0.475. The molecule has 1 heterocycles. The summed E-state index contributed by atoms with van der Waals surface area (Å²) in [5, 5.41) is 12.8. The SMILES string of the molecule is CCOc1c(Cl)cc([C@H]2C(C#N)=C(SCC(=O)OC)NC(=O)[C@@H]2C(=O)OC)cc1Cl. The number of methoxy groups -OCH3 is 2. The van der Waals surface area contributed by atoms with Gasteiger partial charge < -0.3 is 19.5 Å². The summed E-state index contributed by atoms with van der Waals surface area (Å²) in [5.74, 6) is -4.32. The lowest BCUT2D eigenvalue weighted by Crippen LogP contribution is -2.44. The van der Waals surface area contributed by atoms with Crippen molar-refractivity contribution in [3.8, 4) is 11.8 Å². The van der Waals surface area contributed by atoms with E-state index in [-0.39, 0.29) is 32.1 Å². The Balaban J connectivity index is 2.64. The first-order valence-electron chi connectivity index (χ1n) is 8.63. The number of nitrogens with zero attached hydrogens (tertiary/aromatic N) is 1. The molecular weight excluding hydrogens is 455 g/mol. The number of ether oxygens (including phenoxy) is 3. The van der Waals surface area contributed by atoms with Crippen molar-refractivity contribution in [1.29, 1.82) is 5.26 Å². The van der Waals surface area contributed by atoms with Gasteiger partial charge in [0.15, 0.2) is 5.75 Å². The standard InChI is InChI=1S/C19H18Cl2N2O6S/c1-4-29-16-11(20)5-9(6-12(16)21)14-10(7-22)18(30-8-13(24)27-2)23-17(25)15(14)19(26)28-3/h5-6,14-15H,4,8H2,1-3H3,(H,23,25)/t14-,15+/m0/s1. The molecule has 1 amide bonds. The molecule has 0 radical (unpaired) electrons. The van der Waals surface area contributed by atoms with Crippen LogP contribution in [0, 0.1) is 17.2 Å². The molecule has 0 fully saturated rings. The van der Waals surface area contributed by atoms with E-state index in [1.807, 2.05) is 6.07 Å². The van der Waals surface area contributed by atoms with Crippen LogP contribution >= 0.6 is 35.0 Å². The van der Waals surface area contributed by atoms with Crippen LogP contribution in [-0.2, 0) is 23.9 Å². The van der Waals surface area contributed by atoms with E-state index < -0.39 is 29.7 Å². The third-order valence-electron chi connectivity index (χ3n) is 4.21. The Kier molecular flexibility index (Phi) is 8.41. The molecule has 0 saturated heterocycles. The molecule has 1 N–H and O–H groups in total. The van der Waals surface area contributed by atoms with Gasteiger partial charge in [-0.1, -0.05) is 35.0 Å². The van der Waals surface area contributed by atoms with Crippen LogP contribution in [0.15, 0.2) is 22.7 Å². The summed E-state index contributed by atoms with van der Waals surface area (Å²) >= 11 is 13.5.